The number of carbonyl (C=O) groups is 1. The Labute approximate surface area is 88.1 Å². The van der Waals surface area contributed by atoms with Gasteiger partial charge in [0.25, 0.3) is 0 Å². The minimum Gasteiger partial charge on any atom is -0.497 e. The van der Waals surface area contributed by atoms with Crippen LogP contribution in [0.2, 0.25) is 0 Å². The molecule has 1 aromatic rings. The van der Waals surface area contributed by atoms with Crippen LogP contribution in [0, 0.1) is 0 Å². The van der Waals surface area contributed by atoms with Crippen molar-refractivity contribution in [2.24, 2.45) is 0 Å². The largest absolute Gasteiger partial charge is 0.497 e. The lowest BCUT2D eigenvalue weighted by molar-refractivity contribution is -0.139. The van der Waals surface area contributed by atoms with Crippen LogP contribution in [-0.2, 0) is 11.2 Å². The van der Waals surface area contributed by atoms with Gasteiger partial charge in [-0.2, -0.15) is 0 Å². The summed E-state index contributed by atoms with van der Waals surface area (Å²) in [6.45, 7) is 0. The van der Waals surface area contributed by atoms with E-state index in [2.05, 4.69) is 0 Å². The third kappa shape index (κ3) is 3.99. The standard InChI is InChI=1S/C11H14O4/c1-15-10-4-2-3-8(6-10)5-9(12)7-11(13)14/h2-4,6,9,12H,5,7H2,1H3,(H,13,14)/t9-/m0/s1. The molecule has 4 nitrogen and oxygen atoms in total. The Morgan fingerprint density at radius 1 is 1.53 bits per heavy atom. The first-order chi connectivity index (χ1) is 7.11. The van der Waals surface area contributed by atoms with Gasteiger partial charge in [-0.05, 0) is 24.1 Å². The highest BCUT2D eigenvalue weighted by Crippen LogP contribution is 2.14. The predicted octanol–water partition coefficient (Wildman–Crippen LogP) is 1.07. The Morgan fingerprint density at radius 2 is 2.27 bits per heavy atom. The van der Waals surface area contributed by atoms with Gasteiger partial charge in [-0.3, -0.25) is 4.79 Å². The quantitative estimate of drug-likeness (QED) is 0.763. The van der Waals surface area contributed by atoms with E-state index >= 15 is 0 Å². The Kier molecular flexibility index (Phi) is 4.12. The van der Waals surface area contributed by atoms with Crippen LogP contribution in [0.4, 0.5) is 0 Å². The lowest BCUT2D eigenvalue weighted by Crippen LogP contribution is -2.15. The fourth-order valence-corrected chi connectivity index (χ4v) is 1.35. The first-order valence-corrected chi connectivity index (χ1v) is 4.64. The zero-order valence-corrected chi connectivity index (χ0v) is 8.51. The van der Waals surface area contributed by atoms with Crippen molar-refractivity contribution in [1.29, 1.82) is 0 Å². The molecule has 1 rings (SSSR count). The topological polar surface area (TPSA) is 66.8 Å². The molecule has 0 unspecified atom stereocenters. The monoisotopic (exact) mass is 210 g/mol. The van der Waals surface area contributed by atoms with Crippen LogP contribution in [0.15, 0.2) is 24.3 Å². The number of hydrogen-bond donors (Lipinski definition) is 2. The summed E-state index contributed by atoms with van der Waals surface area (Å²) in [5, 5.41) is 17.9. The maximum absolute atomic E-state index is 10.3. The molecule has 0 aliphatic carbocycles. The summed E-state index contributed by atoms with van der Waals surface area (Å²) in [4.78, 5) is 10.3. The average molecular weight is 210 g/mol. The van der Waals surface area contributed by atoms with Gasteiger partial charge >= 0.3 is 5.97 Å². The Morgan fingerprint density at radius 3 is 2.87 bits per heavy atom. The Balaban J connectivity index is 2.59. The highest BCUT2D eigenvalue weighted by atomic mass is 16.5. The van der Waals surface area contributed by atoms with Crippen LogP contribution < -0.4 is 4.74 Å². The summed E-state index contributed by atoms with van der Waals surface area (Å²) in [7, 11) is 1.56. The molecule has 0 saturated carbocycles. The summed E-state index contributed by atoms with van der Waals surface area (Å²) in [5.74, 6) is -0.291. The molecule has 0 radical (unpaired) electrons. The van der Waals surface area contributed by atoms with Crippen molar-refractivity contribution in [1.82, 2.24) is 0 Å². The van der Waals surface area contributed by atoms with Crippen molar-refractivity contribution in [3.05, 3.63) is 29.8 Å². The minimum atomic E-state index is -0.995. The van der Waals surface area contributed by atoms with E-state index in [1.807, 2.05) is 12.1 Å². The summed E-state index contributed by atoms with van der Waals surface area (Å²) < 4.78 is 5.02. The van der Waals surface area contributed by atoms with Gasteiger partial charge in [0.05, 0.1) is 19.6 Å². The number of ether oxygens (including phenoxy) is 1. The molecular weight excluding hydrogens is 196 g/mol. The maximum Gasteiger partial charge on any atom is 0.305 e. The number of hydrogen-bond acceptors (Lipinski definition) is 3. The smallest absolute Gasteiger partial charge is 0.305 e. The van der Waals surface area contributed by atoms with Crippen LogP contribution in [0.25, 0.3) is 0 Å². The van der Waals surface area contributed by atoms with Crippen LogP contribution in [0.3, 0.4) is 0 Å². The number of rotatable bonds is 5. The number of aliphatic hydroxyl groups is 1. The van der Waals surface area contributed by atoms with Gasteiger partial charge in [0, 0.05) is 0 Å². The summed E-state index contributed by atoms with van der Waals surface area (Å²) in [6, 6.07) is 7.22. The molecule has 1 atom stereocenters. The first kappa shape index (κ1) is 11.5. The number of aliphatic carboxylic acids is 1. The minimum absolute atomic E-state index is 0.239. The molecule has 0 aliphatic rings. The molecule has 2 N–H and O–H groups in total. The fourth-order valence-electron chi connectivity index (χ4n) is 1.35. The molecule has 0 fully saturated rings. The average Bonchev–Trinajstić information content (AvgIpc) is 2.16. The number of benzene rings is 1. The van der Waals surface area contributed by atoms with E-state index in [4.69, 9.17) is 9.84 Å². The molecule has 0 aliphatic heterocycles. The zero-order chi connectivity index (χ0) is 11.3. The van der Waals surface area contributed by atoms with Gasteiger partial charge in [-0.1, -0.05) is 12.1 Å². The Bertz CT molecular complexity index is 335. The second-order valence-corrected chi connectivity index (χ2v) is 3.31. The van der Waals surface area contributed by atoms with Crippen molar-refractivity contribution in [3.8, 4) is 5.75 Å². The van der Waals surface area contributed by atoms with Crippen LogP contribution in [0.5, 0.6) is 5.75 Å². The van der Waals surface area contributed by atoms with E-state index in [1.165, 1.54) is 0 Å². The Hall–Kier alpha value is -1.55. The molecule has 0 saturated heterocycles. The second-order valence-electron chi connectivity index (χ2n) is 3.31. The van der Waals surface area contributed by atoms with Gasteiger partial charge in [0.15, 0.2) is 0 Å². The number of carboxylic acids is 1. The van der Waals surface area contributed by atoms with Crippen molar-refractivity contribution in [3.63, 3.8) is 0 Å². The van der Waals surface area contributed by atoms with Crippen molar-refractivity contribution in [2.75, 3.05) is 7.11 Å². The highest BCUT2D eigenvalue weighted by molar-refractivity contribution is 5.67. The molecule has 82 valence electrons. The summed E-state index contributed by atoms with van der Waals surface area (Å²) in [6.07, 6.45) is -0.768. The van der Waals surface area contributed by atoms with Gasteiger partial charge in [0.1, 0.15) is 5.75 Å². The lowest BCUT2D eigenvalue weighted by Gasteiger charge is -2.08. The van der Waals surface area contributed by atoms with Crippen LogP contribution in [0.1, 0.15) is 12.0 Å². The highest BCUT2D eigenvalue weighted by Gasteiger charge is 2.10. The maximum atomic E-state index is 10.3. The normalized spacial score (nSPS) is 12.1. The SMILES string of the molecule is COc1cccc(C[C@H](O)CC(=O)O)c1. The van der Waals surface area contributed by atoms with E-state index in [1.54, 1.807) is 19.2 Å². The van der Waals surface area contributed by atoms with E-state index < -0.39 is 12.1 Å². The van der Waals surface area contributed by atoms with Gasteiger partial charge in [0.2, 0.25) is 0 Å². The van der Waals surface area contributed by atoms with Gasteiger partial charge in [-0.25, -0.2) is 0 Å². The summed E-state index contributed by atoms with van der Waals surface area (Å²) in [5.41, 5.74) is 0.864. The second kappa shape index (κ2) is 5.36. The number of aliphatic hydroxyl groups excluding tert-OH is 1. The summed E-state index contributed by atoms with van der Waals surface area (Å²) >= 11 is 0. The number of carboxylic acid groups (broad SMARTS) is 1. The predicted molar refractivity (Wildman–Crippen MR) is 55.0 cm³/mol. The lowest BCUT2D eigenvalue weighted by atomic mass is 10.1. The van der Waals surface area contributed by atoms with E-state index in [0.717, 1.165) is 5.56 Å². The molecule has 4 heteroatoms. The molecule has 0 amide bonds. The van der Waals surface area contributed by atoms with E-state index in [9.17, 15) is 9.90 Å². The number of methoxy groups -OCH3 is 1. The van der Waals surface area contributed by atoms with Crippen molar-refractivity contribution in [2.45, 2.75) is 18.9 Å². The van der Waals surface area contributed by atoms with Crippen LogP contribution in [-0.4, -0.2) is 29.4 Å². The molecule has 0 heterocycles. The van der Waals surface area contributed by atoms with Crippen LogP contribution >= 0.6 is 0 Å². The van der Waals surface area contributed by atoms with Crippen molar-refractivity contribution >= 4 is 5.97 Å². The molecule has 0 spiro atoms. The van der Waals surface area contributed by atoms with E-state index in [-0.39, 0.29) is 6.42 Å². The first-order valence-electron chi connectivity index (χ1n) is 4.64. The van der Waals surface area contributed by atoms with Crippen molar-refractivity contribution < 1.29 is 19.7 Å². The fraction of sp³-hybridized carbons (Fsp3) is 0.364. The van der Waals surface area contributed by atoms with E-state index in [0.29, 0.717) is 12.2 Å². The molecule has 0 bridgehead atoms. The zero-order valence-electron chi connectivity index (χ0n) is 8.51. The molecule has 15 heavy (non-hydrogen) atoms. The van der Waals surface area contributed by atoms with Gasteiger partial charge in [-0.15, -0.1) is 0 Å². The third-order valence-corrected chi connectivity index (χ3v) is 2.02. The molecular formula is C11H14O4. The molecule has 1 aromatic carbocycles. The third-order valence-electron chi connectivity index (χ3n) is 2.02. The van der Waals surface area contributed by atoms with Gasteiger partial charge < -0.3 is 14.9 Å². The molecule has 0 aromatic heterocycles.